The van der Waals surface area contributed by atoms with E-state index < -0.39 is 0 Å². The highest BCUT2D eigenvalue weighted by Gasteiger charge is 2.38. The molecule has 5 heteroatoms. The van der Waals surface area contributed by atoms with Crippen molar-refractivity contribution in [1.82, 2.24) is 4.98 Å². The molecule has 2 rings (SSSR count). The summed E-state index contributed by atoms with van der Waals surface area (Å²) in [7, 11) is 0. The molecule has 1 saturated carbocycles. The first-order valence-corrected chi connectivity index (χ1v) is 4.44. The third-order valence-electron chi connectivity index (χ3n) is 2.06. The largest absolute Gasteiger partial charge is 0.330 e. The van der Waals surface area contributed by atoms with Crippen LogP contribution in [0.4, 0.5) is 0 Å². The summed E-state index contributed by atoms with van der Waals surface area (Å²) in [6, 6.07) is 0. The minimum absolute atomic E-state index is 0. The Kier molecular flexibility index (Phi) is 5.09. The minimum Gasteiger partial charge on any atom is -0.330 e. The van der Waals surface area contributed by atoms with Crippen LogP contribution in [0.1, 0.15) is 18.0 Å². The Hall–Kier alpha value is 0.170. The van der Waals surface area contributed by atoms with Gasteiger partial charge in [-0.2, -0.15) is 0 Å². The molecule has 1 aromatic rings. The molecule has 0 radical (unpaired) electrons. The van der Waals surface area contributed by atoms with Crippen molar-refractivity contribution >= 4 is 36.2 Å². The van der Waals surface area contributed by atoms with Crippen LogP contribution in [0.15, 0.2) is 10.9 Å². The normalized spacial score (nSPS) is 25.4. The Morgan fingerprint density at radius 2 is 2.33 bits per heavy atom. The van der Waals surface area contributed by atoms with E-state index >= 15 is 0 Å². The summed E-state index contributed by atoms with van der Waals surface area (Å²) in [6.45, 7) is 0.822. The Balaban J connectivity index is 0.000000605. The summed E-state index contributed by atoms with van der Waals surface area (Å²) in [6.07, 6.45) is 1.25. The molecule has 0 saturated heterocycles. The number of halogens is 2. The van der Waals surface area contributed by atoms with Crippen molar-refractivity contribution in [3.8, 4) is 0 Å². The number of rotatable bonds is 2. The van der Waals surface area contributed by atoms with Crippen LogP contribution in [-0.2, 0) is 0 Å². The molecule has 2 N–H and O–H groups in total. The second kappa shape index (κ2) is 5.02. The smallest absolute Gasteiger partial charge is 0.0794 e. The Morgan fingerprint density at radius 3 is 2.75 bits per heavy atom. The maximum atomic E-state index is 5.51. The van der Waals surface area contributed by atoms with Crippen LogP contribution in [0.25, 0.3) is 0 Å². The number of nitrogens with zero attached hydrogens (tertiary/aromatic N) is 1. The third kappa shape index (κ3) is 2.33. The fourth-order valence-corrected chi connectivity index (χ4v) is 1.89. The van der Waals surface area contributed by atoms with E-state index in [4.69, 9.17) is 5.73 Å². The minimum atomic E-state index is 0. The van der Waals surface area contributed by atoms with Crippen molar-refractivity contribution in [2.24, 2.45) is 11.7 Å². The molecule has 70 valence electrons. The van der Waals surface area contributed by atoms with Gasteiger partial charge in [0.15, 0.2) is 0 Å². The summed E-state index contributed by atoms with van der Waals surface area (Å²) in [5.41, 5.74) is 8.65. The first-order valence-electron chi connectivity index (χ1n) is 3.50. The van der Waals surface area contributed by atoms with Gasteiger partial charge in [-0.25, -0.2) is 4.98 Å². The van der Waals surface area contributed by atoms with E-state index in [1.165, 1.54) is 12.1 Å². The van der Waals surface area contributed by atoms with Crippen LogP contribution in [-0.4, -0.2) is 11.5 Å². The van der Waals surface area contributed by atoms with Crippen molar-refractivity contribution in [2.45, 2.75) is 12.3 Å². The van der Waals surface area contributed by atoms with Crippen molar-refractivity contribution < 1.29 is 0 Å². The standard InChI is InChI=1S/C7H10N2S.2ClH/c8-2-5-1-6(5)7-3-10-4-9-7;;/h3-6H,1-2,8H2;2*1H/t5-,6+;;/m0../s1. The molecule has 12 heavy (non-hydrogen) atoms. The first kappa shape index (κ1) is 12.2. The van der Waals surface area contributed by atoms with E-state index in [1.807, 2.05) is 5.51 Å². The summed E-state index contributed by atoms with van der Waals surface area (Å²) in [4.78, 5) is 4.24. The molecule has 0 aliphatic heterocycles. The Bertz CT molecular complexity index is 215. The zero-order valence-corrected chi connectivity index (χ0v) is 8.92. The van der Waals surface area contributed by atoms with Gasteiger partial charge >= 0.3 is 0 Å². The molecule has 1 fully saturated rings. The topological polar surface area (TPSA) is 38.9 Å². The van der Waals surface area contributed by atoms with Crippen LogP contribution in [0, 0.1) is 5.92 Å². The average molecular weight is 227 g/mol. The number of thiazole rings is 1. The van der Waals surface area contributed by atoms with Crippen molar-refractivity contribution in [3.05, 3.63) is 16.6 Å². The molecule has 1 aliphatic rings. The molecule has 0 unspecified atom stereocenters. The molecule has 0 aromatic carbocycles. The van der Waals surface area contributed by atoms with E-state index in [-0.39, 0.29) is 24.8 Å². The second-order valence-electron chi connectivity index (χ2n) is 2.75. The molecule has 1 aromatic heterocycles. The maximum absolute atomic E-state index is 5.51. The van der Waals surface area contributed by atoms with Crippen molar-refractivity contribution in [1.29, 1.82) is 0 Å². The lowest BCUT2D eigenvalue weighted by atomic mass is 10.2. The molecule has 1 heterocycles. The number of hydrogen-bond acceptors (Lipinski definition) is 3. The maximum Gasteiger partial charge on any atom is 0.0794 e. The molecule has 2 atom stereocenters. The first-order chi connectivity index (χ1) is 4.92. The van der Waals surface area contributed by atoms with Gasteiger partial charge in [0, 0.05) is 11.3 Å². The fourth-order valence-electron chi connectivity index (χ4n) is 1.28. The van der Waals surface area contributed by atoms with Crippen LogP contribution in [0.3, 0.4) is 0 Å². The predicted octanol–water partition coefficient (Wildman–Crippen LogP) is 2.05. The third-order valence-corrected chi connectivity index (χ3v) is 2.66. The Morgan fingerprint density at radius 1 is 1.58 bits per heavy atom. The summed E-state index contributed by atoms with van der Waals surface area (Å²) in [5, 5.41) is 2.13. The van der Waals surface area contributed by atoms with Gasteiger partial charge in [-0.1, -0.05) is 0 Å². The Labute approximate surface area is 88.4 Å². The molecular formula is C7H12Cl2N2S. The lowest BCUT2D eigenvalue weighted by Gasteiger charge is -1.89. The van der Waals surface area contributed by atoms with Crippen molar-refractivity contribution in [3.63, 3.8) is 0 Å². The monoisotopic (exact) mass is 226 g/mol. The van der Waals surface area contributed by atoms with Crippen LogP contribution in [0.5, 0.6) is 0 Å². The van der Waals surface area contributed by atoms with E-state index in [9.17, 15) is 0 Å². The second-order valence-corrected chi connectivity index (χ2v) is 3.47. The highest BCUT2D eigenvalue weighted by Crippen LogP contribution is 2.46. The van der Waals surface area contributed by atoms with E-state index in [1.54, 1.807) is 11.3 Å². The predicted molar refractivity (Wildman–Crippen MR) is 56.5 cm³/mol. The lowest BCUT2D eigenvalue weighted by Crippen LogP contribution is -2.01. The number of nitrogens with two attached hydrogens (primary N) is 1. The van der Waals surface area contributed by atoms with Gasteiger partial charge in [0.2, 0.25) is 0 Å². The molecule has 2 nitrogen and oxygen atoms in total. The molecule has 0 spiro atoms. The van der Waals surface area contributed by atoms with E-state index in [2.05, 4.69) is 10.4 Å². The van der Waals surface area contributed by atoms with Gasteiger partial charge < -0.3 is 5.73 Å². The zero-order valence-electron chi connectivity index (χ0n) is 6.47. The van der Waals surface area contributed by atoms with Crippen LogP contribution in [0.2, 0.25) is 0 Å². The van der Waals surface area contributed by atoms with Gasteiger partial charge in [0.05, 0.1) is 11.2 Å². The highest BCUT2D eigenvalue weighted by atomic mass is 35.5. The average Bonchev–Trinajstić information content (AvgIpc) is 2.56. The van der Waals surface area contributed by atoms with Crippen molar-refractivity contribution in [2.75, 3.05) is 6.54 Å². The molecular weight excluding hydrogens is 215 g/mol. The summed E-state index contributed by atoms with van der Waals surface area (Å²) in [5.74, 6) is 1.42. The van der Waals surface area contributed by atoms with E-state index in [0.29, 0.717) is 5.92 Å². The quantitative estimate of drug-likeness (QED) is 0.839. The fraction of sp³-hybridized carbons (Fsp3) is 0.571. The SMILES string of the molecule is Cl.Cl.NC[C@@H]1C[C@H]1c1cscn1. The summed E-state index contributed by atoms with van der Waals surface area (Å²) >= 11 is 1.67. The van der Waals surface area contributed by atoms with Gasteiger partial charge in [0.1, 0.15) is 0 Å². The number of hydrogen-bond donors (Lipinski definition) is 1. The highest BCUT2D eigenvalue weighted by molar-refractivity contribution is 7.07. The molecule has 0 amide bonds. The van der Waals surface area contributed by atoms with Gasteiger partial charge in [0.25, 0.3) is 0 Å². The molecule has 0 bridgehead atoms. The van der Waals surface area contributed by atoms with Crippen LogP contribution < -0.4 is 5.73 Å². The van der Waals surface area contributed by atoms with Crippen LogP contribution >= 0.6 is 36.2 Å². The zero-order chi connectivity index (χ0) is 6.97. The molecule has 1 aliphatic carbocycles. The lowest BCUT2D eigenvalue weighted by molar-refractivity contribution is 0.800. The summed E-state index contributed by atoms with van der Waals surface area (Å²) < 4.78 is 0. The van der Waals surface area contributed by atoms with Gasteiger partial charge in [-0.3, -0.25) is 0 Å². The van der Waals surface area contributed by atoms with Gasteiger partial charge in [-0.05, 0) is 18.9 Å². The van der Waals surface area contributed by atoms with Gasteiger partial charge in [-0.15, -0.1) is 36.2 Å². The van der Waals surface area contributed by atoms with E-state index in [0.717, 1.165) is 12.5 Å². The number of aromatic nitrogens is 1.